The molecule has 0 saturated carbocycles. The molecule has 0 fully saturated rings. The standard InChI is InChI=1S/C21H28N2O3S/c1-3-5-16-23(17-6-4-2)27(25,26)20-14-12-19(13-15-20)22-21(24)18-10-8-7-9-11-18/h7-15H,3-6,16-17H2,1-2H3,(H,22,24). The molecule has 1 N–H and O–H groups in total. The van der Waals surface area contributed by atoms with E-state index in [4.69, 9.17) is 0 Å². The lowest BCUT2D eigenvalue weighted by Gasteiger charge is -2.22. The molecule has 0 aliphatic rings. The molecule has 0 spiro atoms. The number of benzene rings is 2. The number of unbranched alkanes of at least 4 members (excludes halogenated alkanes) is 2. The van der Waals surface area contributed by atoms with Crippen molar-refractivity contribution in [1.29, 1.82) is 0 Å². The van der Waals surface area contributed by atoms with E-state index in [0.717, 1.165) is 25.7 Å². The summed E-state index contributed by atoms with van der Waals surface area (Å²) >= 11 is 0. The molecular formula is C21H28N2O3S. The average Bonchev–Trinajstić information content (AvgIpc) is 2.69. The lowest BCUT2D eigenvalue weighted by molar-refractivity contribution is 0.102. The van der Waals surface area contributed by atoms with E-state index in [1.165, 1.54) is 0 Å². The molecular weight excluding hydrogens is 360 g/mol. The van der Waals surface area contributed by atoms with Crippen molar-refractivity contribution >= 4 is 21.6 Å². The fraction of sp³-hybridized carbons (Fsp3) is 0.381. The maximum absolute atomic E-state index is 12.9. The quantitative estimate of drug-likeness (QED) is 0.650. The fourth-order valence-electron chi connectivity index (χ4n) is 2.67. The van der Waals surface area contributed by atoms with Crippen LogP contribution in [-0.2, 0) is 10.0 Å². The third kappa shape index (κ3) is 5.91. The molecule has 2 aromatic carbocycles. The first kappa shape index (κ1) is 21.1. The first-order valence-electron chi connectivity index (χ1n) is 9.45. The van der Waals surface area contributed by atoms with Gasteiger partial charge in [-0.05, 0) is 49.2 Å². The summed E-state index contributed by atoms with van der Waals surface area (Å²) in [6.45, 7) is 5.17. The topological polar surface area (TPSA) is 66.5 Å². The van der Waals surface area contributed by atoms with Gasteiger partial charge in [0.1, 0.15) is 0 Å². The highest BCUT2D eigenvalue weighted by molar-refractivity contribution is 7.89. The zero-order valence-corrected chi connectivity index (χ0v) is 16.8. The Morgan fingerprint density at radius 3 is 1.96 bits per heavy atom. The molecule has 2 rings (SSSR count). The number of sulfonamides is 1. The van der Waals surface area contributed by atoms with Gasteiger partial charge in [-0.25, -0.2) is 8.42 Å². The van der Waals surface area contributed by atoms with Crippen LogP contribution in [0.15, 0.2) is 59.5 Å². The number of nitrogens with zero attached hydrogens (tertiary/aromatic N) is 1. The van der Waals surface area contributed by atoms with Crippen LogP contribution in [0.1, 0.15) is 49.9 Å². The minimum atomic E-state index is -3.52. The van der Waals surface area contributed by atoms with Gasteiger partial charge >= 0.3 is 0 Å². The predicted octanol–water partition coefficient (Wildman–Crippen LogP) is 4.53. The zero-order valence-electron chi connectivity index (χ0n) is 16.0. The van der Waals surface area contributed by atoms with Gasteiger partial charge in [-0.2, -0.15) is 4.31 Å². The van der Waals surface area contributed by atoms with Crippen molar-refractivity contribution in [2.75, 3.05) is 18.4 Å². The zero-order chi connectivity index (χ0) is 19.7. The Bertz CT molecular complexity index is 810. The summed E-state index contributed by atoms with van der Waals surface area (Å²) in [5, 5.41) is 2.79. The van der Waals surface area contributed by atoms with Crippen LogP contribution in [0.4, 0.5) is 5.69 Å². The molecule has 0 aromatic heterocycles. The molecule has 5 nitrogen and oxygen atoms in total. The number of amides is 1. The second kappa shape index (κ2) is 10.2. The highest BCUT2D eigenvalue weighted by Gasteiger charge is 2.23. The van der Waals surface area contributed by atoms with Gasteiger partial charge in [-0.15, -0.1) is 0 Å². The van der Waals surface area contributed by atoms with Crippen molar-refractivity contribution in [1.82, 2.24) is 4.31 Å². The number of hydrogen-bond donors (Lipinski definition) is 1. The molecule has 0 atom stereocenters. The van der Waals surface area contributed by atoms with Gasteiger partial charge in [0.2, 0.25) is 10.0 Å². The Balaban J connectivity index is 2.12. The van der Waals surface area contributed by atoms with Crippen LogP contribution in [0.2, 0.25) is 0 Å². The molecule has 0 aliphatic carbocycles. The maximum atomic E-state index is 12.9. The highest BCUT2D eigenvalue weighted by atomic mass is 32.2. The second-order valence-electron chi connectivity index (χ2n) is 6.46. The van der Waals surface area contributed by atoms with Crippen LogP contribution in [0.25, 0.3) is 0 Å². The summed E-state index contributed by atoms with van der Waals surface area (Å²) < 4.78 is 27.4. The smallest absolute Gasteiger partial charge is 0.255 e. The van der Waals surface area contributed by atoms with E-state index < -0.39 is 10.0 Å². The van der Waals surface area contributed by atoms with Crippen molar-refractivity contribution in [3.63, 3.8) is 0 Å². The number of anilines is 1. The molecule has 0 unspecified atom stereocenters. The number of rotatable bonds is 10. The summed E-state index contributed by atoms with van der Waals surface area (Å²) in [5.41, 5.74) is 1.12. The number of carbonyl (C=O) groups is 1. The second-order valence-corrected chi connectivity index (χ2v) is 8.39. The molecule has 27 heavy (non-hydrogen) atoms. The molecule has 146 valence electrons. The van der Waals surface area contributed by atoms with E-state index in [0.29, 0.717) is 24.3 Å². The highest BCUT2D eigenvalue weighted by Crippen LogP contribution is 2.20. The largest absolute Gasteiger partial charge is 0.322 e. The molecule has 0 heterocycles. The summed E-state index contributed by atoms with van der Waals surface area (Å²) in [7, 11) is -3.52. The normalized spacial score (nSPS) is 11.5. The van der Waals surface area contributed by atoms with Crippen LogP contribution >= 0.6 is 0 Å². The van der Waals surface area contributed by atoms with E-state index >= 15 is 0 Å². The van der Waals surface area contributed by atoms with Gasteiger partial charge in [0.25, 0.3) is 5.91 Å². The Hall–Kier alpha value is -2.18. The Morgan fingerprint density at radius 2 is 1.44 bits per heavy atom. The first-order valence-corrected chi connectivity index (χ1v) is 10.9. The van der Waals surface area contributed by atoms with Crippen molar-refractivity contribution in [2.45, 2.75) is 44.4 Å². The van der Waals surface area contributed by atoms with Crippen molar-refractivity contribution in [3.05, 3.63) is 60.2 Å². The van der Waals surface area contributed by atoms with Crippen molar-refractivity contribution < 1.29 is 13.2 Å². The number of carbonyl (C=O) groups excluding carboxylic acids is 1. The maximum Gasteiger partial charge on any atom is 0.255 e. The third-order valence-electron chi connectivity index (χ3n) is 4.31. The van der Waals surface area contributed by atoms with Gasteiger partial charge in [-0.3, -0.25) is 4.79 Å². The van der Waals surface area contributed by atoms with Crippen molar-refractivity contribution in [3.8, 4) is 0 Å². The molecule has 0 saturated heterocycles. The molecule has 0 aliphatic heterocycles. The van der Waals surface area contributed by atoms with Gasteiger partial charge in [-0.1, -0.05) is 44.9 Å². The average molecular weight is 389 g/mol. The van der Waals surface area contributed by atoms with Gasteiger partial charge < -0.3 is 5.32 Å². The fourth-order valence-corrected chi connectivity index (χ4v) is 4.19. The van der Waals surface area contributed by atoms with Crippen LogP contribution in [0.3, 0.4) is 0 Å². The first-order chi connectivity index (χ1) is 13.0. The minimum absolute atomic E-state index is 0.223. The number of hydrogen-bond acceptors (Lipinski definition) is 3. The minimum Gasteiger partial charge on any atom is -0.322 e. The van der Waals surface area contributed by atoms with E-state index in [1.807, 2.05) is 6.07 Å². The molecule has 0 bridgehead atoms. The summed E-state index contributed by atoms with van der Waals surface area (Å²) in [5.74, 6) is -0.223. The van der Waals surface area contributed by atoms with E-state index in [9.17, 15) is 13.2 Å². The van der Waals surface area contributed by atoms with Crippen LogP contribution in [-0.4, -0.2) is 31.7 Å². The molecule has 6 heteroatoms. The Kier molecular flexibility index (Phi) is 8.00. The third-order valence-corrected chi connectivity index (χ3v) is 6.22. The van der Waals surface area contributed by atoms with E-state index in [2.05, 4.69) is 19.2 Å². The predicted molar refractivity (Wildman–Crippen MR) is 109 cm³/mol. The SMILES string of the molecule is CCCCN(CCCC)S(=O)(=O)c1ccc(NC(=O)c2ccccc2)cc1. The van der Waals surface area contributed by atoms with Gasteiger partial charge in [0, 0.05) is 24.3 Å². The molecule has 1 amide bonds. The summed E-state index contributed by atoms with van der Waals surface area (Å²) in [6, 6.07) is 15.3. The van der Waals surface area contributed by atoms with Crippen molar-refractivity contribution in [2.24, 2.45) is 0 Å². The van der Waals surface area contributed by atoms with Crippen LogP contribution in [0.5, 0.6) is 0 Å². The molecule has 0 radical (unpaired) electrons. The molecule has 2 aromatic rings. The Morgan fingerprint density at radius 1 is 0.889 bits per heavy atom. The summed E-state index contributed by atoms with van der Waals surface area (Å²) in [4.78, 5) is 12.5. The van der Waals surface area contributed by atoms with Crippen LogP contribution < -0.4 is 5.32 Å². The lowest BCUT2D eigenvalue weighted by atomic mass is 10.2. The van der Waals surface area contributed by atoms with Crippen LogP contribution in [0, 0.1) is 0 Å². The van der Waals surface area contributed by atoms with Gasteiger partial charge in [0.15, 0.2) is 0 Å². The van der Waals surface area contributed by atoms with E-state index in [1.54, 1.807) is 52.8 Å². The summed E-state index contributed by atoms with van der Waals surface area (Å²) in [6.07, 6.45) is 3.58. The lowest BCUT2D eigenvalue weighted by Crippen LogP contribution is -2.33. The van der Waals surface area contributed by atoms with Gasteiger partial charge in [0.05, 0.1) is 4.90 Å². The van der Waals surface area contributed by atoms with E-state index in [-0.39, 0.29) is 10.8 Å². The number of nitrogens with one attached hydrogen (secondary N) is 1. The monoisotopic (exact) mass is 388 g/mol. The Labute approximate surface area is 162 Å².